The number of likely N-dealkylation sites (N-methyl/N-ethyl adjacent to an activating group) is 1. The topological polar surface area (TPSA) is 97.5 Å². The summed E-state index contributed by atoms with van der Waals surface area (Å²) in [7, 11) is 1.89. The van der Waals surface area contributed by atoms with Crippen LogP contribution in [0.1, 0.15) is 34.8 Å². The number of hydrogen-bond donors (Lipinski definition) is 2. The standard InChI is InChI=1S/C28H27F6N7O2/c1-15-14-41(8-7-39(15)2)21-10-20(30)23(16-3-5-40(6-4-16)27-36-11-17(29)12-37-27)24(31)25(21)38-26(43)18-13-35-22(42)9-19(18)28(32,33)34/h3,9-13,15H,4-8,14H2,1-2H3,(H,35,42)(H,38,43). The molecular weight excluding hydrogens is 580 g/mol. The summed E-state index contributed by atoms with van der Waals surface area (Å²) in [5, 5.41) is 2.25. The molecule has 1 unspecified atom stereocenters. The Morgan fingerprint density at radius 2 is 1.79 bits per heavy atom. The molecular formula is C28H27F6N7O2. The number of anilines is 3. The van der Waals surface area contributed by atoms with E-state index in [-0.39, 0.29) is 48.8 Å². The molecule has 0 aliphatic carbocycles. The van der Waals surface area contributed by atoms with E-state index in [1.54, 1.807) is 15.9 Å². The fourth-order valence-corrected chi connectivity index (χ4v) is 5.16. The van der Waals surface area contributed by atoms with Crippen LogP contribution in [0.5, 0.6) is 0 Å². The smallest absolute Gasteiger partial charge is 0.367 e. The average Bonchev–Trinajstić information content (AvgIpc) is 2.96. The zero-order chi connectivity index (χ0) is 31.1. The van der Waals surface area contributed by atoms with Gasteiger partial charge in [-0.1, -0.05) is 6.08 Å². The first-order chi connectivity index (χ1) is 20.3. The molecule has 1 saturated heterocycles. The number of amides is 1. The van der Waals surface area contributed by atoms with Crippen LogP contribution in [0, 0.1) is 17.5 Å². The first-order valence-electron chi connectivity index (χ1n) is 13.3. The second kappa shape index (κ2) is 11.7. The van der Waals surface area contributed by atoms with E-state index in [0.717, 1.165) is 18.5 Å². The van der Waals surface area contributed by atoms with Crippen molar-refractivity contribution in [3.63, 3.8) is 0 Å². The summed E-state index contributed by atoms with van der Waals surface area (Å²) in [6.45, 7) is 3.49. The SMILES string of the molecule is CC1CN(c2cc(F)c(C3=CCN(c4ncc(F)cn4)CC3)c(F)c2NC(=O)c2c[nH]c(=O)cc2C(F)(F)F)CCN1C. The molecule has 15 heteroatoms. The van der Waals surface area contributed by atoms with Gasteiger partial charge >= 0.3 is 6.18 Å². The van der Waals surface area contributed by atoms with Gasteiger partial charge < -0.3 is 25.0 Å². The van der Waals surface area contributed by atoms with E-state index in [4.69, 9.17) is 0 Å². The van der Waals surface area contributed by atoms with Gasteiger partial charge in [0, 0.05) is 57.1 Å². The maximum Gasteiger partial charge on any atom is 0.417 e. The molecule has 2 N–H and O–H groups in total. The highest BCUT2D eigenvalue weighted by molar-refractivity contribution is 6.07. The summed E-state index contributed by atoms with van der Waals surface area (Å²) in [6, 6.07) is 1.29. The molecule has 1 fully saturated rings. The Balaban J connectivity index is 1.55. The minimum Gasteiger partial charge on any atom is -0.367 e. The molecule has 0 spiro atoms. The number of piperazine rings is 1. The van der Waals surface area contributed by atoms with Crippen LogP contribution in [0.25, 0.3) is 5.57 Å². The first-order valence-corrected chi connectivity index (χ1v) is 13.3. The van der Waals surface area contributed by atoms with E-state index >= 15 is 8.78 Å². The molecule has 43 heavy (non-hydrogen) atoms. The third kappa shape index (κ3) is 6.21. The number of hydrogen-bond acceptors (Lipinski definition) is 7. The van der Waals surface area contributed by atoms with Gasteiger partial charge in [0.1, 0.15) is 11.5 Å². The molecule has 1 amide bonds. The maximum atomic E-state index is 16.4. The molecule has 0 bridgehead atoms. The average molecular weight is 608 g/mol. The van der Waals surface area contributed by atoms with Gasteiger partial charge in [0.25, 0.3) is 5.91 Å². The van der Waals surface area contributed by atoms with Crippen molar-refractivity contribution in [2.24, 2.45) is 0 Å². The van der Waals surface area contributed by atoms with Crippen LogP contribution >= 0.6 is 0 Å². The van der Waals surface area contributed by atoms with E-state index < -0.39 is 57.5 Å². The lowest BCUT2D eigenvalue weighted by molar-refractivity contribution is -0.138. The van der Waals surface area contributed by atoms with Gasteiger partial charge in [-0.05, 0) is 26.0 Å². The van der Waals surface area contributed by atoms with Gasteiger partial charge in [0.15, 0.2) is 11.6 Å². The number of nitrogens with one attached hydrogen (secondary N) is 2. The number of benzene rings is 1. The highest BCUT2D eigenvalue weighted by Crippen LogP contribution is 2.39. The number of halogens is 6. The number of aromatic nitrogens is 3. The summed E-state index contributed by atoms with van der Waals surface area (Å²) in [4.78, 5) is 40.1. The van der Waals surface area contributed by atoms with Crippen molar-refractivity contribution in [1.82, 2.24) is 19.9 Å². The zero-order valence-electron chi connectivity index (χ0n) is 23.1. The Morgan fingerprint density at radius 3 is 2.42 bits per heavy atom. The fraction of sp³-hybridized carbons (Fsp3) is 0.357. The number of nitrogens with zero attached hydrogens (tertiary/aromatic N) is 5. The predicted molar refractivity (Wildman–Crippen MR) is 147 cm³/mol. The van der Waals surface area contributed by atoms with Crippen LogP contribution in [-0.2, 0) is 6.18 Å². The Bertz CT molecular complexity index is 1620. The quantitative estimate of drug-likeness (QED) is 0.418. The summed E-state index contributed by atoms with van der Waals surface area (Å²) in [6.07, 6.45) is -0.761. The molecule has 5 rings (SSSR count). The van der Waals surface area contributed by atoms with Gasteiger partial charge in [-0.3, -0.25) is 9.59 Å². The van der Waals surface area contributed by atoms with Gasteiger partial charge in [0.05, 0.1) is 34.8 Å². The second-order valence-corrected chi connectivity index (χ2v) is 10.4. The first kappa shape index (κ1) is 30.1. The molecule has 3 aromatic rings. The molecule has 9 nitrogen and oxygen atoms in total. The Labute approximate surface area is 241 Å². The van der Waals surface area contributed by atoms with Gasteiger partial charge in [-0.2, -0.15) is 13.2 Å². The summed E-state index contributed by atoms with van der Waals surface area (Å²) in [5.41, 5.74) is -4.17. The van der Waals surface area contributed by atoms with Crippen LogP contribution < -0.4 is 20.7 Å². The van der Waals surface area contributed by atoms with Crippen LogP contribution in [0.4, 0.5) is 43.7 Å². The van der Waals surface area contributed by atoms with Crippen molar-refractivity contribution in [2.45, 2.75) is 25.6 Å². The van der Waals surface area contributed by atoms with E-state index in [1.807, 2.05) is 23.9 Å². The number of H-pyrrole nitrogens is 1. The summed E-state index contributed by atoms with van der Waals surface area (Å²) >= 11 is 0. The number of carbonyl (C=O) groups excluding carboxylic acids is 1. The van der Waals surface area contributed by atoms with Crippen molar-refractivity contribution in [3.8, 4) is 0 Å². The number of alkyl halides is 3. The Kier molecular flexibility index (Phi) is 8.18. The molecule has 1 atom stereocenters. The van der Waals surface area contributed by atoms with Gasteiger partial charge in [0.2, 0.25) is 11.5 Å². The van der Waals surface area contributed by atoms with Crippen molar-refractivity contribution in [1.29, 1.82) is 0 Å². The van der Waals surface area contributed by atoms with Crippen molar-refractivity contribution < 1.29 is 31.1 Å². The molecule has 0 saturated carbocycles. The largest absolute Gasteiger partial charge is 0.417 e. The Hall–Kier alpha value is -4.40. The van der Waals surface area contributed by atoms with Crippen molar-refractivity contribution in [2.75, 3.05) is 54.9 Å². The number of carbonyl (C=O) groups is 1. The second-order valence-electron chi connectivity index (χ2n) is 10.4. The maximum absolute atomic E-state index is 16.4. The molecule has 2 aromatic heterocycles. The molecule has 4 heterocycles. The normalized spacial score (nSPS) is 18.0. The van der Waals surface area contributed by atoms with Crippen LogP contribution in [0.15, 0.2) is 41.6 Å². The Morgan fingerprint density at radius 1 is 1.07 bits per heavy atom. The van der Waals surface area contributed by atoms with Crippen LogP contribution in [-0.4, -0.2) is 71.6 Å². The van der Waals surface area contributed by atoms with Crippen LogP contribution in [0.3, 0.4) is 0 Å². The third-order valence-electron chi connectivity index (χ3n) is 7.63. The number of pyridine rings is 1. The molecule has 228 valence electrons. The van der Waals surface area contributed by atoms with Gasteiger partial charge in [-0.25, -0.2) is 23.1 Å². The van der Waals surface area contributed by atoms with E-state index in [9.17, 15) is 27.2 Å². The van der Waals surface area contributed by atoms with Crippen LogP contribution in [0.2, 0.25) is 0 Å². The van der Waals surface area contributed by atoms with E-state index in [2.05, 4.69) is 15.3 Å². The van der Waals surface area contributed by atoms with E-state index in [0.29, 0.717) is 25.8 Å². The van der Waals surface area contributed by atoms with Crippen molar-refractivity contribution >= 4 is 28.8 Å². The minimum absolute atomic E-state index is 0.0252. The summed E-state index contributed by atoms with van der Waals surface area (Å²) < 4.78 is 86.3. The molecule has 2 aliphatic rings. The molecule has 1 aromatic carbocycles. The zero-order valence-corrected chi connectivity index (χ0v) is 23.1. The van der Waals surface area contributed by atoms with Crippen molar-refractivity contribution in [3.05, 3.63) is 81.3 Å². The lowest BCUT2D eigenvalue weighted by atomic mass is 9.96. The molecule has 2 aliphatic heterocycles. The highest BCUT2D eigenvalue weighted by Gasteiger charge is 2.37. The molecule has 0 radical (unpaired) electrons. The highest BCUT2D eigenvalue weighted by atomic mass is 19.4. The lowest BCUT2D eigenvalue weighted by Gasteiger charge is -2.40. The summed E-state index contributed by atoms with van der Waals surface area (Å²) in [5.74, 6) is -3.78. The van der Waals surface area contributed by atoms with Gasteiger partial charge in [-0.15, -0.1) is 0 Å². The number of aromatic amines is 1. The fourth-order valence-electron chi connectivity index (χ4n) is 5.16. The lowest BCUT2D eigenvalue weighted by Crippen LogP contribution is -2.50. The number of rotatable bonds is 5. The monoisotopic (exact) mass is 607 g/mol. The van der Waals surface area contributed by atoms with E-state index in [1.165, 1.54) is 0 Å². The minimum atomic E-state index is -5.05. The predicted octanol–water partition coefficient (Wildman–Crippen LogP) is 4.29. The third-order valence-corrected chi connectivity index (χ3v) is 7.63.